The van der Waals surface area contributed by atoms with E-state index < -0.39 is 18.2 Å². The van der Waals surface area contributed by atoms with Gasteiger partial charge < -0.3 is 19.5 Å². The zero-order valence-corrected chi connectivity index (χ0v) is 14.0. The third kappa shape index (κ3) is 7.48. The summed E-state index contributed by atoms with van der Waals surface area (Å²) >= 11 is 0. The van der Waals surface area contributed by atoms with Crippen molar-refractivity contribution in [2.24, 2.45) is 0 Å². The molecule has 24 heavy (non-hydrogen) atoms. The lowest BCUT2D eigenvalue weighted by atomic mass is 10.2. The summed E-state index contributed by atoms with van der Waals surface area (Å²) < 4.78 is 14.6. The molecule has 0 atom stereocenters. The Kier molecular flexibility index (Phi) is 8.10. The van der Waals surface area contributed by atoms with Crippen LogP contribution in [0.2, 0.25) is 0 Å². The highest BCUT2D eigenvalue weighted by Crippen LogP contribution is 2.10. The van der Waals surface area contributed by atoms with Gasteiger partial charge in [-0.1, -0.05) is 0 Å². The quantitative estimate of drug-likeness (QED) is 0.450. The van der Waals surface area contributed by atoms with Gasteiger partial charge in [-0.25, -0.2) is 14.4 Å². The first-order chi connectivity index (χ1) is 11.4. The molecule has 1 aromatic carbocycles. The van der Waals surface area contributed by atoms with Gasteiger partial charge in [-0.2, -0.15) is 0 Å². The molecule has 0 fully saturated rings. The van der Waals surface area contributed by atoms with Gasteiger partial charge >= 0.3 is 18.2 Å². The fourth-order valence-corrected chi connectivity index (χ4v) is 1.61. The van der Waals surface area contributed by atoms with Crippen molar-refractivity contribution >= 4 is 23.8 Å². The maximum absolute atomic E-state index is 11.6. The number of amides is 2. The Morgan fingerprint density at radius 2 is 1.71 bits per heavy atom. The molecule has 8 nitrogen and oxygen atoms in total. The molecule has 0 radical (unpaired) electrons. The molecule has 0 unspecified atom stereocenters. The van der Waals surface area contributed by atoms with Crippen LogP contribution in [-0.4, -0.2) is 44.0 Å². The number of carbonyl (C=O) groups is 3. The predicted molar refractivity (Wildman–Crippen MR) is 87.0 cm³/mol. The van der Waals surface area contributed by atoms with Gasteiger partial charge in [0.15, 0.2) is 0 Å². The summed E-state index contributed by atoms with van der Waals surface area (Å²) in [5, 5.41) is 4.95. The Morgan fingerprint density at radius 3 is 2.29 bits per heavy atom. The molecule has 0 aliphatic rings. The molecule has 0 spiro atoms. The van der Waals surface area contributed by atoms with Crippen LogP contribution < -0.4 is 10.6 Å². The highest BCUT2D eigenvalue weighted by atomic mass is 16.6. The van der Waals surface area contributed by atoms with Gasteiger partial charge in [0.1, 0.15) is 6.61 Å². The van der Waals surface area contributed by atoms with Crippen molar-refractivity contribution < 1.29 is 28.6 Å². The second-order valence-electron chi connectivity index (χ2n) is 4.94. The number of esters is 1. The van der Waals surface area contributed by atoms with Gasteiger partial charge in [0.2, 0.25) is 0 Å². The minimum Gasteiger partial charge on any atom is -0.462 e. The molecule has 1 aromatic rings. The SMILES string of the molecule is CCOC(=O)c1ccc(NC(=O)OCCNC(=O)OC(C)C)cc1. The first-order valence-corrected chi connectivity index (χ1v) is 7.57. The van der Waals surface area contributed by atoms with Gasteiger partial charge in [0, 0.05) is 5.69 Å². The number of rotatable bonds is 7. The van der Waals surface area contributed by atoms with E-state index in [1.807, 2.05) is 0 Å². The molecular formula is C16H22N2O6. The smallest absolute Gasteiger partial charge is 0.411 e. The third-order valence-electron chi connectivity index (χ3n) is 2.59. The average molecular weight is 338 g/mol. The number of anilines is 1. The summed E-state index contributed by atoms with van der Waals surface area (Å²) in [6.45, 7) is 5.62. The highest BCUT2D eigenvalue weighted by Gasteiger charge is 2.08. The highest BCUT2D eigenvalue weighted by molar-refractivity contribution is 5.91. The van der Waals surface area contributed by atoms with E-state index in [2.05, 4.69) is 10.6 Å². The molecule has 8 heteroatoms. The van der Waals surface area contributed by atoms with Gasteiger partial charge in [-0.05, 0) is 45.0 Å². The lowest BCUT2D eigenvalue weighted by molar-refractivity contribution is 0.0526. The normalized spacial score (nSPS) is 10.0. The van der Waals surface area contributed by atoms with Crippen molar-refractivity contribution in [1.82, 2.24) is 5.32 Å². The fourth-order valence-electron chi connectivity index (χ4n) is 1.61. The van der Waals surface area contributed by atoms with E-state index in [9.17, 15) is 14.4 Å². The van der Waals surface area contributed by atoms with Crippen molar-refractivity contribution in [3.63, 3.8) is 0 Å². The van der Waals surface area contributed by atoms with Crippen molar-refractivity contribution in [2.75, 3.05) is 25.1 Å². The Morgan fingerprint density at radius 1 is 1.04 bits per heavy atom. The summed E-state index contributed by atoms with van der Waals surface area (Å²) in [7, 11) is 0. The van der Waals surface area contributed by atoms with E-state index in [0.717, 1.165) is 0 Å². The molecule has 0 saturated carbocycles. The van der Waals surface area contributed by atoms with Crippen LogP contribution in [0.5, 0.6) is 0 Å². The van der Waals surface area contributed by atoms with Crippen LogP contribution in [0.3, 0.4) is 0 Å². The van der Waals surface area contributed by atoms with E-state index >= 15 is 0 Å². The second kappa shape index (κ2) is 10.1. The molecule has 0 heterocycles. The van der Waals surface area contributed by atoms with Gasteiger partial charge in [0.25, 0.3) is 0 Å². The lowest BCUT2D eigenvalue weighted by Gasteiger charge is -2.10. The monoisotopic (exact) mass is 338 g/mol. The van der Waals surface area contributed by atoms with Crippen LogP contribution in [0.15, 0.2) is 24.3 Å². The summed E-state index contributed by atoms with van der Waals surface area (Å²) in [5.74, 6) is -0.425. The minimum absolute atomic E-state index is 0.0000614. The largest absolute Gasteiger partial charge is 0.462 e. The van der Waals surface area contributed by atoms with Crippen molar-refractivity contribution in [3.05, 3.63) is 29.8 Å². The average Bonchev–Trinajstić information content (AvgIpc) is 2.52. The first-order valence-electron chi connectivity index (χ1n) is 7.57. The molecule has 2 amide bonds. The molecule has 1 rings (SSSR count). The minimum atomic E-state index is -0.669. The Labute approximate surface area is 140 Å². The van der Waals surface area contributed by atoms with E-state index in [1.165, 1.54) is 12.1 Å². The topological polar surface area (TPSA) is 103 Å². The standard InChI is InChI=1S/C16H22N2O6/c1-4-22-14(19)12-5-7-13(8-6-12)18-16(21)23-10-9-17-15(20)24-11(2)3/h5-8,11H,4,9-10H2,1-3H3,(H,17,20)(H,18,21). The Balaban J connectivity index is 2.30. The predicted octanol–water partition coefficient (Wildman–Crippen LogP) is 2.55. The molecule has 132 valence electrons. The number of ether oxygens (including phenoxy) is 3. The zero-order valence-electron chi connectivity index (χ0n) is 14.0. The van der Waals surface area contributed by atoms with Crippen LogP contribution in [0.25, 0.3) is 0 Å². The van der Waals surface area contributed by atoms with Crippen molar-refractivity contribution in [2.45, 2.75) is 26.9 Å². The molecule has 2 N–H and O–H groups in total. The second-order valence-corrected chi connectivity index (χ2v) is 4.94. The van der Waals surface area contributed by atoms with E-state index in [4.69, 9.17) is 14.2 Å². The number of hydrogen-bond acceptors (Lipinski definition) is 6. The molecule has 0 saturated heterocycles. The van der Waals surface area contributed by atoms with Crippen LogP contribution in [0.1, 0.15) is 31.1 Å². The number of alkyl carbamates (subject to hydrolysis) is 1. The van der Waals surface area contributed by atoms with Crippen LogP contribution in [0.4, 0.5) is 15.3 Å². The molecule has 0 bridgehead atoms. The van der Waals surface area contributed by atoms with Crippen LogP contribution in [-0.2, 0) is 14.2 Å². The van der Waals surface area contributed by atoms with Crippen LogP contribution >= 0.6 is 0 Å². The molecule has 0 aromatic heterocycles. The molecular weight excluding hydrogens is 316 g/mol. The van der Waals surface area contributed by atoms with E-state index in [1.54, 1.807) is 32.9 Å². The lowest BCUT2D eigenvalue weighted by Crippen LogP contribution is -2.30. The number of benzene rings is 1. The van der Waals surface area contributed by atoms with Crippen molar-refractivity contribution in [3.8, 4) is 0 Å². The third-order valence-corrected chi connectivity index (χ3v) is 2.59. The Bertz CT molecular complexity index is 556. The maximum atomic E-state index is 11.6. The van der Waals surface area contributed by atoms with E-state index in [0.29, 0.717) is 17.9 Å². The maximum Gasteiger partial charge on any atom is 0.411 e. The van der Waals surface area contributed by atoms with Gasteiger partial charge in [-0.15, -0.1) is 0 Å². The number of carbonyl (C=O) groups excluding carboxylic acids is 3. The zero-order chi connectivity index (χ0) is 17.9. The number of nitrogens with one attached hydrogen (secondary N) is 2. The summed E-state index contributed by atoms with van der Waals surface area (Å²) in [6.07, 6.45) is -1.45. The van der Waals surface area contributed by atoms with Crippen LogP contribution in [0, 0.1) is 0 Å². The Hall–Kier alpha value is -2.77. The summed E-state index contributed by atoms with van der Waals surface area (Å²) in [6, 6.07) is 6.20. The van der Waals surface area contributed by atoms with E-state index in [-0.39, 0.29) is 19.3 Å². The van der Waals surface area contributed by atoms with Gasteiger partial charge in [0.05, 0.1) is 24.8 Å². The number of hydrogen-bond donors (Lipinski definition) is 2. The fraction of sp³-hybridized carbons (Fsp3) is 0.438. The summed E-state index contributed by atoms with van der Waals surface area (Å²) in [4.78, 5) is 34.3. The molecule has 0 aliphatic carbocycles. The summed E-state index contributed by atoms with van der Waals surface area (Å²) in [5.41, 5.74) is 0.865. The molecule has 0 aliphatic heterocycles. The van der Waals surface area contributed by atoms with Gasteiger partial charge in [-0.3, -0.25) is 5.32 Å². The first kappa shape index (κ1) is 19.3. The van der Waals surface area contributed by atoms with Crippen molar-refractivity contribution in [1.29, 1.82) is 0 Å².